The van der Waals surface area contributed by atoms with Crippen molar-refractivity contribution >= 4 is 0 Å². The average molecular weight is 423 g/mol. The van der Waals surface area contributed by atoms with Gasteiger partial charge in [0, 0.05) is 6.54 Å². The van der Waals surface area contributed by atoms with Crippen molar-refractivity contribution in [1.82, 2.24) is 14.9 Å². The molecule has 0 spiro atoms. The van der Waals surface area contributed by atoms with E-state index in [0.717, 1.165) is 33.2 Å². The minimum absolute atomic E-state index is 0.0766. The fourth-order valence-electron chi connectivity index (χ4n) is 4.22. The SMILES string of the molecule is COc1cc2c(cc1OC)[C@H](c1c(O)n(-c3ccc(C)cc3C)c(=O)[nH]c1=O)NCC2. The van der Waals surface area contributed by atoms with Gasteiger partial charge in [-0.15, -0.1) is 0 Å². The number of aromatic amines is 1. The van der Waals surface area contributed by atoms with Gasteiger partial charge in [0.2, 0.25) is 5.88 Å². The normalized spacial score (nSPS) is 15.4. The van der Waals surface area contributed by atoms with Crippen molar-refractivity contribution in [2.24, 2.45) is 0 Å². The van der Waals surface area contributed by atoms with Crippen molar-refractivity contribution in [2.75, 3.05) is 20.8 Å². The smallest absolute Gasteiger partial charge is 0.335 e. The molecule has 3 N–H and O–H groups in total. The fourth-order valence-corrected chi connectivity index (χ4v) is 4.22. The zero-order valence-corrected chi connectivity index (χ0v) is 17.9. The van der Waals surface area contributed by atoms with E-state index in [2.05, 4.69) is 10.3 Å². The Labute approximate surface area is 179 Å². The predicted molar refractivity (Wildman–Crippen MR) is 117 cm³/mol. The third-order valence-corrected chi connectivity index (χ3v) is 5.70. The van der Waals surface area contributed by atoms with E-state index < -0.39 is 17.3 Å². The lowest BCUT2D eigenvalue weighted by molar-refractivity contribution is 0.352. The van der Waals surface area contributed by atoms with Crippen LogP contribution in [0.25, 0.3) is 5.69 Å². The Bertz CT molecular complexity index is 1280. The first-order valence-corrected chi connectivity index (χ1v) is 9.99. The zero-order valence-electron chi connectivity index (χ0n) is 17.9. The second-order valence-electron chi connectivity index (χ2n) is 7.67. The molecular weight excluding hydrogens is 398 g/mol. The minimum Gasteiger partial charge on any atom is -0.494 e. The Morgan fingerprint density at radius 3 is 2.45 bits per heavy atom. The molecule has 8 heteroatoms. The van der Waals surface area contributed by atoms with Crippen LogP contribution in [0.4, 0.5) is 0 Å². The van der Waals surface area contributed by atoms with E-state index in [1.54, 1.807) is 26.4 Å². The first kappa shape index (κ1) is 20.7. The van der Waals surface area contributed by atoms with Crippen LogP contribution in [-0.2, 0) is 6.42 Å². The molecule has 3 aromatic rings. The molecule has 0 saturated heterocycles. The molecule has 0 radical (unpaired) electrons. The molecule has 162 valence electrons. The van der Waals surface area contributed by atoms with Crippen LogP contribution in [0.15, 0.2) is 39.9 Å². The summed E-state index contributed by atoms with van der Waals surface area (Å²) in [6, 6.07) is 8.58. The maximum absolute atomic E-state index is 12.8. The molecule has 31 heavy (non-hydrogen) atoms. The molecule has 0 saturated carbocycles. The third kappa shape index (κ3) is 3.48. The Balaban J connectivity index is 1.95. The number of fused-ring (bicyclic) bond motifs is 1. The van der Waals surface area contributed by atoms with Crippen LogP contribution in [0.5, 0.6) is 17.4 Å². The van der Waals surface area contributed by atoms with Gasteiger partial charge in [0.25, 0.3) is 5.56 Å². The van der Waals surface area contributed by atoms with E-state index >= 15 is 0 Å². The zero-order chi connectivity index (χ0) is 22.3. The number of methoxy groups -OCH3 is 2. The van der Waals surface area contributed by atoms with E-state index in [-0.39, 0.29) is 11.4 Å². The standard InChI is InChI=1S/C23H25N3O5/c1-12-5-6-16(13(2)9-12)26-22(28)19(21(27)25-23(26)29)20-15-11-18(31-4)17(30-3)10-14(15)7-8-24-20/h5-6,9-11,20,24,28H,7-8H2,1-4H3,(H,25,27,29)/t20-/m1/s1. The van der Waals surface area contributed by atoms with Crippen LogP contribution in [0.2, 0.25) is 0 Å². The maximum Gasteiger partial charge on any atom is 0.335 e. The Hall–Kier alpha value is -3.52. The first-order chi connectivity index (χ1) is 14.8. The molecule has 1 aliphatic rings. The summed E-state index contributed by atoms with van der Waals surface area (Å²) >= 11 is 0. The monoisotopic (exact) mass is 423 g/mol. The molecule has 0 aliphatic carbocycles. The van der Waals surface area contributed by atoms with Gasteiger partial charge < -0.3 is 19.9 Å². The van der Waals surface area contributed by atoms with E-state index in [4.69, 9.17) is 9.47 Å². The molecular formula is C23H25N3O5. The number of hydrogen-bond acceptors (Lipinski definition) is 6. The van der Waals surface area contributed by atoms with Gasteiger partial charge in [-0.3, -0.25) is 9.78 Å². The van der Waals surface area contributed by atoms with E-state index in [1.807, 2.05) is 32.0 Å². The number of hydrogen-bond donors (Lipinski definition) is 3. The number of aromatic hydroxyl groups is 1. The quantitative estimate of drug-likeness (QED) is 0.594. The van der Waals surface area contributed by atoms with Crippen molar-refractivity contribution < 1.29 is 14.6 Å². The molecule has 1 atom stereocenters. The van der Waals surface area contributed by atoms with Crippen molar-refractivity contribution in [3.8, 4) is 23.1 Å². The fraction of sp³-hybridized carbons (Fsp3) is 0.304. The van der Waals surface area contributed by atoms with Crippen molar-refractivity contribution in [3.63, 3.8) is 0 Å². The van der Waals surface area contributed by atoms with Crippen LogP contribution in [0, 0.1) is 13.8 Å². The van der Waals surface area contributed by atoms with Gasteiger partial charge in [-0.1, -0.05) is 17.7 Å². The molecule has 0 fully saturated rings. The molecule has 1 aliphatic heterocycles. The van der Waals surface area contributed by atoms with Gasteiger partial charge in [0.05, 0.1) is 31.5 Å². The Kier molecular flexibility index (Phi) is 5.32. The second kappa shape index (κ2) is 7.96. The molecule has 0 unspecified atom stereocenters. The lowest BCUT2D eigenvalue weighted by Crippen LogP contribution is -2.38. The van der Waals surface area contributed by atoms with E-state index in [1.165, 1.54) is 0 Å². The van der Waals surface area contributed by atoms with Crippen molar-refractivity contribution in [3.05, 3.63) is 79.0 Å². The summed E-state index contributed by atoms with van der Waals surface area (Å²) in [5.74, 6) is 0.731. The molecule has 0 bridgehead atoms. The van der Waals surface area contributed by atoms with Gasteiger partial charge in [-0.25, -0.2) is 9.36 Å². The van der Waals surface area contributed by atoms with Gasteiger partial charge in [0.15, 0.2) is 11.5 Å². The number of aromatic nitrogens is 2. The highest BCUT2D eigenvalue weighted by molar-refractivity contribution is 5.53. The summed E-state index contributed by atoms with van der Waals surface area (Å²) in [6.45, 7) is 4.39. The summed E-state index contributed by atoms with van der Waals surface area (Å²) in [4.78, 5) is 27.9. The van der Waals surface area contributed by atoms with Crippen LogP contribution in [0.3, 0.4) is 0 Å². The van der Waals surface area contributed by atoms with Crippen LogP contribution < -0.4 is 26.0 Å². The molecule has 2 heterocycles. The van der Waals surface area contributed by atoms with Crippen molar-refractivity contribution in [2.45, 2.75) is 26.3 Å². The highest BCUT2D eigenvalue weighted by Crippen LogP contribution is 2.38. The molecule has 0 amide bonds. The summed E-state index contributed by atoms with van der Waals surface area (Å²) in [5.41, 5.74) is 2.85. The van der Waals surface area contributed by atoms with E-state index in [9.17, 15) is 14.7 Å². The van der Waals surface area contributed by atoms with Crippen LogP contribution in [0.1, 0.15) is 33.9 Å². The second-order valence-corrected chi connectivity index (χ2v) is 7.67. The number of H-pyrrole nitrogens is 1. The number of nitrogens with zero attached hydrogens (tertiary/aromatic N) is 1. The summed E-state index contributed by atoms with van der Waals surface area (Å²) in [7, 11) is 3.11. The molecule has 4 rings (SSSR count). The number of rotatable bonds is 4. The van der Waals surface area contributed by atoms with Gasteiger partial charge in [-0.05, 0) is 55.2 Å². The van der Waals surface area contributed by atoms with Crippen LogP contribution >= 0.6 is 0 Å². The topological polar surface area (TPSA) is 106 Å². The van der Waals surface area contributed by atoms with Gasteiger partial charge >= 0.3 is 5.69 Å². The minimum atomic E-state index is -0.693. The number of benzene rings is 2. The highest BCUT2D eigenvalue weighted by atomic mass is 16.5. The van der Waals surface area contributed by atoms with Gasteiger partial charge in [0.1, 0.15) is 0 Å². The summed E-state index contributed by atoms with van der Waals surface area (Å²) < 4.78 is 12.0. The summed E-state index contributed by atoms with van der Waals surface area (Å²) in [5, 5.41) is 14.4. The Morgan fingerprint density at radius 2 is 1.77 bits per heavy atom. The lowest BCUT2D eigenvalue weighted by atomic mass is 9.90. The largest absolute Gasteiger partial charge is 0.494 e. The Morgan fingerprint density at radius 1 is 1.06 bits per heavy atom. The van der Waals surface area contributed by atoms with Crippen molar-refractivity contribution in [1.29, 1.82) is 0 Å². The maximum atomic E-state index is 12.8. The number of nitrogens with one attached hydrogen (secondary N) is 2. The van der Waals surface area contributed by atoms with Crippen LogP contribution in [-0.4, -0.2) is 35.4 Å². The summed E-state index contributed by atoms with van der Waals surface area (Å²) in [6.07, 6.45) is 0.724. The number of aryl methyl sites for hydroxylation is 2. The molecule has 1 aromatic heterocycles. The van der Waals surface area contributed by atoms with E-state index in [0.29, 0.717) is 23.7 Å². The predicted octanol–water partition coefficient (Wildman–Crippen LogP) is 2.10. The highest BCUT2D eigenvalue weighted by Gasteiger charge is 2.30. The molecule has 8 nitrogen and oxygen atoms in total. The molecule has 2 aromatic carbocycles. The third-order valence-electron chi connectivity index (χ3n) is 5.70. The number of ether oxygens (including phenoxy) is 2. The van der Waals surface area contributed by atoms with Gasteiger partial charge in [-0.2, -0.15) is 0 Å². The first-order valence-electron chi connectivity index (χ1n) is 9.99. The average Bonchev–Trinajstić information content (AvgIpc) is 2.74. The lowest BCUT2D eigenvalue weighted by Gasteiger charge is -2.28.